The van der Waals surface area contributed by atoms with Gasteiger partial charge in [0.05, 0.1) is 11.1 Å². The molecule has 0 heterocycles. The first-order valence-corrected chi connectivity index (χ1v) is 18.5. The SMILES string of the molecule is CC(C)(C)c1cc(S(=O)(=O)[O-])cc(C(C)(C)C)c1O.Fc1ccc(C[P+](c2ccccc2)(c2ccccc2)c2ccccc2)cc1. The second-order valence-electron chi connectivity index (χ2n) is 13.4. The minimum absolute atomic E-state index is 0.0624. The molecule has 0 aliphatic rings. The van der Waals surface area contributed by atoms with Crippen LogP contribution in [0.4, 0.5) is 4.39 Å². The van der Waals surface area contributed by atoms with Crippen molar-refractivity contribution in [1.29, 1.82) is 0 Å². The monoisotopic (exact) mass is 656 g/mol. The van der Waals surface area contributed by atoms with Crippen molar-refractivity contribution >= 4 is 33.3 Å². The van der Waals surface area contributed by atoms with Gasteiger partial charge in [-0.3, -0.25) is 0 Å². The molecular formula is C39H42FO4PS. The highest BCUT2D eigenvalue weighted by molar-refractivity contribution is 7.95. The normalized spacial score (nSPS) is 12.3. The van der Waals surface area contributed by atoms with E-state index >= 15 is 0 Å². The number of halogens is 1. The van der Waals surface area contributed by atoms with Crippen LogP contribution in [-0.4, -0.2) is 18.1 Å². The van der Waals surface area contributed by atoms with Crippen molar-refractivity contribution in [2.24, 2.45) is 0 Å². The summed E-state index contributed by atoms with van der Waals surface area (Å²) in [5.41, 5.74) is 1.18. The van der Waals surface area contributed by atoms with Gasteiger partial charge in [-0.25, -0.2) is 12.8 Å². The van der Waals surface area contributed by atoms with E-state index in [-0.39, 0.29) is 16.5 Å². The van der Waals surface area contributed by atoms with Crippen molar-refractivity contribution in [3.63, 3.8) is 0 Å². The molecular weight excluding hydrogens is 614 g/mol. The lowest BCUT2D eigenvalue weighted by Crippen LogP contribution is -2.32. The zero-order valence-corrected chi connectivity index (χ0v) is 28.9. The molecule has 1 N–H and O–H groups in total. The van der Waals surface area contributed by atoms with Crippen LogP contribution in [0.3, 0.4) is 0 Å². The van der Waals surface area contributed by atoms with Gasteiger partial charge in [-0.15, -0.1) is 0 Å². The van der Waals surface area contributed by atoms with Crippen molar-refractivity contribution in [3.8, 4) is 5.75 Å². The minimum atomic E-state index is -4.55. The van der Waals surface area contributed by atoms with Crippen LogP contribution in [-0.2, 0) is 27.1 Å². The molecule has 5 aromatic carbocycles. The lowest BCUT2D eigenvalue weighted by atomic mass is 9.79. The molecule has 0 bridgehead atoms. The minimum Gasteiger partial charge on any atom is -0.744 e. The van der Waals surface area contributed by atoms with Crippen LogP contribution >= 0.6 is 7.26 Å². The Bertz CT molecular complexity index is 1710. The first-order chi connectivity index (χ1) is 21.5. The van der Waals surface area contributed by atoms with E-state index in [9.17, 15) is 22.5 Å². The summed E-state index contributed by atoms with van der Waals surface area (Å²) in [6.45, 7) is 11.1. The maximum atomic E-state index is 13.5. The van der Waals surface area contributed by atoms with E-state index in [1.807, 2.05) is 53.7 Å². The fourth-order valence-corrected chi connectivity index (χ4v) is 10.3. The van der Waals surface area contributed by atoms with Gasteiger partial charge in [-0.05, 0) is 77.1 Å². The van der Waals surface area contributed by atoms with E-state index in [0.29, 0.717) is 11.1 Å². The van der Waals surface area contributed by atoms with E-state index in [2.05, 4.69) is 91.0 Å². The smallest absolute Gasteiger partial charge is 0.124 e. The third-order valence-electron chi connectivity index (χ3n) is 7.91. The van der Waals surface area contributed by atoms with Gasteiger partial charge in [0.25, 0.3) is 0 Å². The van der Waals surface area contributed by atoms with E-state index in [4.69, 9.17) is 0 Å². The third kappa shape index (κ3) is 8.11. The fourth-order valence-electron chi connectivity index (χ4n) is 5.53. The molecule has 240 valence electrons. The number of hydrogen-bond donors (Lipinski definition) is 1. The van der Waals surface area contributed by atoms with Crippen LogP contribution in [0.2, 0.25) is 0 Å². The van der Waals surface area contributed by atoms with Gasteiger partial charge in [0, 0.05) is 11.1 Å². The van der Waals surface area contributed by atoms with Crippen molar-refractivity contribution in [3.05, 3.63) is 150 Å². The molecule has 0 amide bonds. The lowest BCUT2D eigenvalue weighted by molar-refractivity contribution is 0.420. The third-order valence-corrected chi connectivity index (χ3v) is 13.1. The molecule has 5 rings (SSSR count). The van der Waals surface area contributed by atoms with Crippen molar-refractivity contribution in [1.82, 2.24) is 0 Å². The van der Waals surface area contributed by atoms with Crippen molar-refractivity contribution in [2.75, 3.05) is 0 Å². The number of rotatable bonds is 6. The number of aromatic hydroxyl groups is 1. The van der Waals surface area contributed by atoms with Gasteiger partial charge in [-0.1, -0.05) is 108 Å². The zero-order valence-electron chi connectivity index (χ0n) is 27.2. The molecule has 0 saturated heterocycles. The Balaban J connectivity index is 0.000000224. The van der Waals surface area contributed by atoms with E-state index in [1.54, 1.807) is 12.1 Å². The highest BCUT2D eigenvalue weighted by Gasteiger charge is 2.45. The summed E-state index contributed by atoms with van der Waals surface area (Å²) in [6.07, 6.45) is 0.866. The standard InChI is InChI=1S/C25H21FP.C14H22O4S/c26-22-18-16-21(17-19-22)20-27(23-10-4-1-5-11-23,24-12-6-2-7-13-24)25-14-8-3-9-15-25;1-13(2,3)10-7-9(19(16,17)18)8-11(12(10)15)14(4,5)6/h1-19H,20H2;7-8,15H,1-6H3,(H,16,17,18)/q+1;/p-1. The molecule has 0 saturated carbocycles. The van der Waals surface area contributed by atoms with Crippen LogP contribution in [0, 0.1) is 5.82 Å². The Hall–Kier alpha value is -3.83. The highest BCUT2D eigenvalue weighted by Crippen LogP contribution is 2.58. The van der Waals surface area contributed by atoms with Crippen molar-refractivity contribution in [2.45, 2.75) is 63.4 Å². The summed E-state index contributed by atoms with van der Waals surface area (Å²) in [6, 6.07) is 41.7. The van der Waals surface area contributed by atoms with Crippen LogP contribution in [0.1, 0.15) is 58.2 Å². The van der Waals surface area contributed by atoms with Crippen LogP contribution in [0.5, 0.6) is 5.75 Å². The van der Waals surface area contributed by atoms with Crippen LogP contribution < -0.4 is 15.9 Å². The second-order valence-corrected chi connectivity index (χ2v) is 18.3. The molecule has 4 nitrogen and oxygen atoms in total. The average Bonchev–Trinajstić information content (AvgIpc) is 3.01. The van der Waals surface area contributed by atoms with Crippen LogP contribution in [0.15, 0.2) is 132 Å². The maximum Gasteiger partial charge on any atom is 0.124 e. The Kier molecular flexibility index (Phi) is 10.6. The number of hydrogen-bond acceptors (Lipinski definition) is 4. The van der Waals surface area contributed by atoms with Gasteiger partial charge in [0.1, 0.15) is 44.9 Å². The summed E-state index contributed by atoms with van der Waals surface area (Å²) in [4.78, 5) is -0.292. The first-order valence-electron chi connectivity index (χ1n) is 15.2. The van der Waals surface area contributed by atoms with Gasteiger partial charge in [0.2, 0.25) is 0 Å². The average molecular weight is 657 g/mol. The summed E-state index contributed by atoms with van der Waals surface area (Å²) in [7, 11) is -6.46. The predicted octanol–water partition coefficient (Wildman–Crippen LogP) is 8.21. The molecule has 0 fully saturated rings. The summed E-state index contributed by atoms with van der Waals surface area (Å²) < 4.78 is 47.3. The summed E-state index contributed by atoms with van der Waals surface area (Å²) in [5, 5.41) is 14.4. The number of phenols is 1. The molecule has 7 heteroatoms. The zero-order chi connectivity index (χ0) is 33.8. The van der Waals surface area contributed by atoms with Crippen molar-refractivity contribution < 1.29 is 22.5 Å². The lowest BCUT2D eigenvalue weighted by Gasteiger charge is -2.28. The Morgan fingerprint density at radius 1 is 0.630 bits per heavy atom. The Labute approximate surface area is 274 Å². The largest absolute Gasteiger partial charge is 0.744 e. The van der Waals surface area contributed by atoms with E-state index < -0.39 is 28.2 Å². The van der Waals surface area contributed by atoms with Gasteiger partial charge in [0.15, 0.2) is 0 Å². The van der Waals surface area contributed by atoms with Gasteiger partial charge in [-0.2, -0.15) is 0 Å². The summed E-state index contributed by atoms with van der Waals surface area (Å²) in [5.74, 6) is -0.130. The first kappa shape index (κ1) is 35.0. The molecule has 0 unspecified atom stereocenters. The number of phenolic OH excluding ortho intramolecular Hbond substituents is 1. The van der Waals surface area contributed by atoms with Gasteiger partial charge < -0.3 is 9.66 Å². The Morgan fingerprint density at radius 2 is 0.978 bits per heavy atom. The van der Waals surface area contributed by atoms with Crippen LogP contribution in [0.25, 0.3) is 0 Å². The molecule has 0 radical (unpaired) electrons. The fraction of sp³-hybridized carbons (Fsp3) is 0.231. The molecule has 0 spiro atoms. The molecule has 0 aliphatic heterocycles. The topological polar surface area (TPSA) is 77.4 Å². The van der Waals surface area contributed by atoms with Gasteiger partial charge >= 0.3 is 0 Å². The molecule has 0 aliphatic carbocycles. The summed E-state index contributed by atoms with van der Waals surface area (Å²) >= 11 is 0. The molecule has 0 aromatic heterocycles. The Morgan fingerprint density at radius 3 is 1.28 bits per heavy atom. The highest BCUT2D eigenvalue weighted by atomic mass is 32.2. The second kappa shape index (κ2) is 13.9. The molecule has 0 atom stereocenters. The van der Waals surface area contributed by atoms with E-state index in [0.717, 1.165) is 11.7 Å². The molecule has 5 aromatic rings. The number of benzene rings is 5. The maximum absolute atomic E-state index is 13.5. The van der Waals surface area contributed by atoms with E-state index in [1.165, 1.54) is 28.0 Å². The quantitative estimate of drug-likeness (QED) is 0.148. The molecule has 46 heavy (non-hydrogen) atoms. The predicted molar refractivity (Wildman–Crippen MR) is 189 cm³/mol.